The summed E-state index contributed by atoms with van der Waals surface area (Å²) in [6.45, 7) is 5.84. The summed E-state index contributed by atoms with van der Waals surface area (Å²) in [5.41, 5.74) is 3.28. The highest BCUT2D eigenvalue weighted by Gasteiger charge is 2.40. The molecule has 0 radical (unpaired) electrons. The third-order valence-electron chi connectivity index (χ3n) is 5.42. The number of hydrogen-bond acceptors (Lipinski definition) is 6. The lowest BCUT2D eigenvalue weighted by atomic mass is 10.1. The first-order chi connectivity index (χ1) is 15.2. The quantitative estimate of drug-likeness (QED) is 0.512. The largest absolute Gasteiger partial charge is 0.299 e. The maximum absolute atomic E-state index is 13.5. The van der Waals surface area contributed by atoms with Crippen molar-refractivity contribution in [3.8, 4) is 10.6 Å². The fourth-order valence-corrected chi connectivity index (χ4v) is 7.24. The average molecular weight is 535 g/mol. The third kappa shape index (κ3) is 4.50. The topological polar surface area (TPSA) is 92.3 Å². The lowest BCUT2D eigenvalue weighted by Crippen LogP contribution is -2.43. The molecule has 3 aromatic rings. The smallest absolute Gasteiger partial charge is 0.244 e. The van der Waals surface area contributed by atoms with E-state index in [9.17, 15) is 13.2 Å². The summed E-state index contributed by atoms with van der Waals surface area (Å²) in [6, 6.07) is 10.6. The van der Waals surface area contributed by atoms with E-state index < -0.39 is 16.1 Å². The van der Waals surface area contributed by atoms with E-state index in [1.165, 1.54) is 15.6 Å². The van der Waals surface area contributed by atoms with Crippen LogP contribution in [0.2, 0.25) is 0 Å². The molecule has 1 fully saturated rings. The Balaban J connectivity index is 1.55. The van der Waals surface area contributed by atoms with Crippen molar-refractivity contribution >= 4 is 48.3 Å². The number of benzene rings is 2. The van der Waals surface area contributed by atoms with Gasteiger partial charge in [-0.2, -0.15) is 4.31 Å². The van der Waals surface area contributed by atoms with Gasteiger partial charge in [0.15, 0.2) is 0 Å². The van der Waals surface area contributed by atoms with Crippen LogP contribution in [0.1, 0.15) is 29.5 Å². The highest BCUT2D eigenvalue weighted by molar-refractivity contribution is 9.10. The average Bonchev–Trinajstić information content (AvgIpc) is 3.37. The van der Waals surface area contributed by atoms with Gasteiger partial charge in [-0.15, -0.1) is 10.2 Å². The number of hydrogen-bond donors (Lipinski definition) is 1. The van der Waals surface area contributed by atoms with E-state index in [4.69, 9.17) is 0 Å². The van der Waals surface area contributed by atoms with Crippen molar-refractivity contribution in [1.82, 2.24) is 14.5 Å². The predicted molar refractivity (Wildman–Crippen MR) is 129 cm³/mol. The van der Waals surface area contributed by atoms with Crippen LogP contribution in [0.3, 0.4) is 0 Å². The molecular formula is C22H23BrN4O3S2. The fourth-order valence-electron chi connectivity index (χ4n) is 4.15. The third-order valence-corrected chi connectivity index (χ3v) is 9.05. The molecule has 1 N–H and O–H groups in total. The van der Waals surface area contributed by atoms with Gasteiger partial charge in [-0.3, -0.25) is 10.1 Å². The number of rotatable bonds is 5. The van der Waals surface area contributed by atoms with E-state index in [1.807, 2.05) is 43.3 Å². The van der Waals surface area contributed by atoms with Gasteiger partial charge < -0.3 is 0 Å². The summed E-state index contributed by atoms with van der Waals surface area (Å²) < 4.78 is 29.3. The van der Waals surface area contributed by atoms with Crippen LogP contribution < -0.4 is 5.32 Å². The Morgan fingerprint density at radius 2 is 1.78 bits per heavy atom. The number of aryl methyl sites for hydroxylation is 3. The molecule has 0 unspecified atom stereocenters. The van der Waals surface area contributed by atoms with Crippen molar-refractivity contribution in [3.05, 3.63) is 57.6 Å². The predicted octanol–water partition coefficient (Wildman–Crippen LogP) is 4.68. The van der Waals surface area contributed by atoms with Crippen LogP contribution in [0.4, 0.5) is 5.13 Å². The molecule has 168 valence electrons. The zero-order valence-electron chi connectivity index (χ0n) is 17.9. The maximum Gasteiger partial charge on any atom is 0.244 e. The Morgan fingerprint density at radius 3 is 2.44 bits per heavy atom. The normalized spacial score (nSPS) is 16.9. The van der Waals surface area contributed by atoms with E-state index in [-0.39, 0.29) is 10.8 Å². The molecule has 0 aliphatic carbocycles. The van der Waals surface area contributed by atoms with Crippen molar-refractivity contribution in [3.63, 3.8) is 0 Å². The molecule has 7 nitrogen and oxygen atoms in total. The second-order valence-electron chi connectivity index (χ2n) is 7.91. The summed E-state index contributed by atoms with van der Waals surface area (Å²) in [5.74, 6) is -0.382. The zero-order valence-corrected chi connectivity index (χ0v) is 21.1. The lowest BCUT2D eigenvalue weighted by molar-refractivity contribution is -0.119. The standard InChI is InChI=1S/C22H23BrN4O3S2/c1-13-11-14(2)19(15(3)12-13)32(29,30)27-10-4-5-18(27)20(28)24-22-26-25-21(31-22)16-6-8-17(23)9-7-16/h6-9,11-12,18H,4-5,10H2,1-3H3,(H,24,26,28)/t18-/m0/s1. The Labute approximate surface area is 200 Å². The number of amides is 1. The molecule has 0 bridgehead atoms. The van der Waals surface area contributed by atoms with Crippen molar-refractivity contribution in [2.45, 2.75) is 44.6 Å². The highest BCUT2D eigenvalue weighted by Crippen LogP contribution is 2.32. The molecule has 1 saturated heterocycles. The number of sulfonamides is 1. The minimum absolute atomic E-state index is 0.288. The lowest BCUT2D eigenvalue weighted by Gasteiger charge is -2.25. The number of anilines is 1. The van der Waals surface area contributed by atoms with Gasteiger partial charge in [-0.05, 0) is 56.9 Å². The van der Waals surface area contributed by atoms with E-state index in [0.717, 1.165) is 15.6 Å². The molecule has 0 spiro atoms. The second-order valence-corrected chi connectivity index (χ2v) is 11.6. The number of nitrogens with zero attached hydrogens (tertiary/aromatic N) is 3. The van der Waals surface area contributed by atoms with Crippen LogP contribution >= 0.6 is 27.3 Å². The molecule has 0 saturated carbocycles. The van der Waals surface area contributed by atoms with Crippen LogP contribution in [0.5, 0.6) is 0 Å². The Kier molecular flexibility index (Phi) is 6.49. The molecule has 4 rings (SSSR count). The molecule has 1 amide bonds. The number of aromatic nitrogens is 2. The van der Waals surface area contributed by atoms with Gasteiger partial charge in [0.25, 0.3) is 0 Å². The molecule has 1 aliphatic rings. The van der Waals surface area contributed by atoms with Gasteiger partial charge in [0, 0.05) is 16.6 Å². The van der Waals surface area contributed by atoms with E-state index in [1.54, 1.807) is 13.8 Å². The Morgan fingerprint density at radius 1 is 1.12 bits per heavy atom. The number of nitrogens with one attached hydrogen (secondary N) is 1. The summed E-state index contributed by atoms with van der Waals surface area (Å²) in [4.78, 5) is 13.3. The molecule has 2 aromatic carbocycles. The van der Waals surface area contributed by atoms with Crippen molar-refractivity contribution < 1.29 is 13.2 Å². The maximum atomic E-state index is 13.5. The van der Waals surface area contributed by atoms with Crippen molar-refractivity contribution in [1.29, 1.82) is 0 Å². The second kappa shape index (κ2) is 9.01. The van der Waals surface area contributed by atoms with Crippen LogP contribution in [0, 0.1) is 20.8 Å². The van der Waals surface area contributed by atoms with Crippen molar-refractivity contribution in [2.75, 3.05) is 11.9 Å². The number of carbonyl (C=O) groups excluding carboxylic acids is 1. The molecule has 1 aromatic heterocycles. The first-order valence-electron chi connectivity index (χ1n) is 10.2. The fraction of sp³-hybridized carbons (Fsp3) is 0.318. The van der Waals surface area contributed by atoms with Gasteiger partial charge in [-0.25, -0.2) is 8.42 Å². The molecule has 2 heterocycles. The Bertz CT molecular complexity index is 1250. The van der Waals surface area contributed by atoms with Gasteiger partial charge in [0.1, 0.15) is 11.0 Å². The first-order valence-corrected chi connectivity index (χ1v) is 13.2. The SMILES string of the molecule is Cc1cc(C)c(S(=O)(=O)N2CCC[C@H]2C(=O)Nc2nnc(-c3ccc(Br)cc3)s2)c(C)c1. The minimum Gasteiger partial charge on any atom is -0.299 e. The summed E-state index contributed by atoms with van der Waals surface area (Å²) >= 11 is 4.65. The molecule has 32 heavy (non-hydrogen) atoms. The van der Waals surface area contributed by atoms with Gasteiger partial charge in [-0.1, -0.05) is 57.1 Å². The summed E-state index contributed by atoms with van der Waals surface area (Å²) in [7, 11) is -3.81. The van der Waals surface area contributed by atoms with Crippen LogP contribution in [0.25, 0.3) is 10.6 Å². The number of halogens is 1. The monoisotopic (exact) mass is 534 g/mol. The van der Waals surface area contributed by atoms with Crippen molar-refractivity contribution in [2.24, 2.45) is 0 Å². The summed E-state index contributed by atoms with van der Waals surface area (Å²) in [6.07, 6.45) is 1.09. The van der Waals surface area contributed by atoms with Gasteiger partial charge in [0.05, 0.1) is 4.90 Å². The van der Waals surface area contributed by atoms with E-state index in [0.29, 0.717) is 40.7 Å². The van der Waals surface area contributed by atoms with Gasteiger partial charge >= 0.3 is 0 Å². The van der Waals surface area contributed by atoms with Gasteiger partial charge in [0.2, 0.25) is 21.1 Å². The number of carbonyl (C=O) groups is 1. The first kappa shape index (κ1) is 23.0. The molecule has 1 aliphatic heterocycles. The highest BCUT2D eigenvalue weighted by atomic mass is 79.9. The van der Waals surface area contributed by atoms with E-state index >= 15 is 0 Å². The Hall–Kier alpha value is -2.14. The van der Waals surface area contributed by atoms with Crippen LogP contribution in [0.15, 0.2) is 45.8 Å². The molecule has 1 atom stereocenters. The zero-order chi connectivity index (χ0) is 23.0. The van der Waals surface area contributed by atoms with Crippen LogP contribution in [-0.2, 0) is 14.8 Å². The van der Waals surface area contributed by atoms with E-state index in [2.05, 4.69) is 31.4 Å². The van der Waals surface area contributed by atoms with Crippen LogP contribution in [-0.4, -0.2) is 41.4 Å². The molecular weight excluding hydrogens is 512 g/mol. The minimum atomic E-state index is -3.81. The molecule has 10 heteroatoms. The summed E-state index contributed by atoms with van der Waals surface area (Å²) in [5, 5.41) is 12.0.